The second kappa shape index (κ2) is 5.38. The number of nitrogens with one attached hydrogen (secondary N) is 1. The highest BCUT2D eigenvalue weighted by atomic mass is 32.2. The first-order valence-electron chi connectivity index (χ1n) is 5.56. The van der Waals surface area contributed by atoms with E-state index in [4.69, 9.17) is 0 Å². The van der Waals surface area contributed by atoms with E-state index in [0.29, 0.717) is 6.04 Å². The maximum Gasteiger partial charge on any atom is 0.0193 e. The number of nitrogens with zero attached hydrogens (tertiary/aromatic N) is 1. The van der Waals surface area contributed by atoms with E-state index in [1.165, 1.54) is 24.6 Å². The van der Waals surface area contributed by atoms with Crippen LogP contribution in [0.5, 0.6) is 0 Å². The molecular formula is C11H24N2S. The van der Waals surface area contributed by atoms with Crippen LogP contribution in [0.4, 0.5) is 0 Å². The third kappa shape index (κ3) is 4.67. The predicted molar refractivity (Wildman–Crippen MR) is 66.1 cm³/mol. The minimum absolute atomic E-state index is 0.249. The van der Waals surface area contributed by atoms with Crippen molar-refractivity contribution >= 4 is 11.8 Å². The van der Waals surface area contributed by atoms with Crippen LogP contribution >= 0.6 is 11.8 Å². The molecule has 1 saturated heterocycles. The molecule has 1 aliphatic heterocycles. The van der Waals surface area contributed by atoms with E-state index < -0.39 is 0 Å². The van der Waals surface area contributed by atoms with Crippen molar-refractivity contribution in [2.75, 3.05) is 31.1 Å². The molecule has 0 amide bonds. The first-order chi connectivity index (χ1) is 6.49. The van der Waals surface area contributed by atoms with Crippen LogP contribution < -0.4 is 5.32 Å². The van der Waals surface area contributed by atoms with Gasteiger partial charge in [0.05, 0.1) is 0 Å². The summed E-state index contributed by atoms with van der Waals surface area (Å²) in [7, 11) is 0. The maximum atomic E-state index is 3.57. The molecule has 1 N–H and O–H groups in total. The Kier molecular flexibility index (Phi) is 4.74. The lowest BCUT2D eigenvalue weighted by Crippen LogP contribution is -2.48. The van der Waals surface area contributed by atoms with Gasteiger partial charge in [0.25, 0.3) is 0 Å². The molecule has 0 saturated carbocycles. The Morgan fingerprint density at radius 1 is 1.29 bits per heavy atom. The van der Waals surface area contributed by atoms with Crippen molar-refractivity contribution in [1.29, 1.82) is 0 Å². The van der Waals surface area contributed by atoms with E-state index in [2.05, 4.69) is 49.7 Å². The maximum absolute atomic E-state index is 3.57. The number of rotatable bonds is 3. The Morgan fingerprint density at radius 3 is 2.36 bits per heavy atom. The fraction of sp³-hybridized carbons (Fsp3) is 1.00. The second-order valence-electron chi connectivity index (χ2n) is 5.13. The zero-order valence-electron chi connectivity index (χ0n) is 9.97. The molecule has 14 heavy (non-hydrogen) atoms. The van der Waals surface area contributed by atoms with E-state index in [1.54, 1.807) is 0 Å². The smallest absolute Gasteiger partial charge is 0.0193 e. The van der Waals surface area contributed by atoms with Crippen molar-refractivity contribution in [3.05, 3.63) is 0 Å². The molecule has 0 aliphatic carbocycles. The third-order valence-corrected chi connectivity index (χ3v) is 3.54. The first-order valence-corrected chi connectivity index (χ1v) is 6.71. The average Bonchev–Trinajstić information content (AvgIpc) is 2.14. The molecule has 1 unspecified atom stereocenters. The van der Waals surface area contributed by atoms with E-state index >= 15 is 0 Å². The summed E-state index contributed by atoms with van der Waals surface area (Å²) in [5.41, 5.74) is 0.249. The van der Waals surface area contributed by atoms with Gasteiger partial charge in [-0.05, 0) is 27.7 Å². The van der Waals surface area contributed by atoms with Gasteiger partial charge < -0.3 is 5.32 Å². The van der Waals surface area contributed by atoms with Crippen LogP contribution in [-0.2, 0) is 0 Å². The topological polar surface area (TPSA) is 15.3 Å². The Balaban J connectivity index is 2.23. The molecule has 1 fully saturated rings. The largest absolute Gasteiger partial charge is 0.311 e. The summed E-state index contributed by atoms with van der Waals surface area (Å²) in [6.45, 7) is 12.6. The molecule has 1 heterocycles. The van der Waals surface area contributed by atoms with Gasteiger partial charge in [-0.3, -0.25) is 4.90 Å². The first kappa shape index (κ1) is 12.3. The number of thioether (sulfide) groups is 1. The third-order valence-electron chi connectivity index (χ3n) is 2.60. The summed E-state index contributed by atoms with van der Waals surface area (Å²) < 4.78 is 0. The quantitative estimate of drug-likeness (QED) is 0.774. The van der Waals surface area contributed by atoms with Crippen LogP contribution in [0.1, 0.15) is 27.7 Å². The molecule has 1 atom stereocenters. The highest BCUT2D eigenvalue weighted by Gasteiger charge is 2.18. The van der Waals surface area contributed by atoms with Crippen molar-refractivity contribution in [3.63, 3.8) is 0 Å². The van der Waals surface area contributed by atoms with Gasteiger partial charge in [-0.2, -0.15) is 11.8 Å². The molecular weight excluding hydrogens is 192 g/mol. The van der Waals surface area contributed by atoms with Gasteiger partial charge in [0.1, 0.15) is 0 Å². The minimum Gasteiger partial charge on any atom is -0.311 e. The predicted octanol–water partition coefficient (Wildman–Crippen LogP) is 1.81. The van der Waals surface area contributed by atoms with Gasteiger partial charge in [0, 0.05) is 42.7 Å². The number of hydrogen-bond acceptors (Lipinski definition) is 3. The minimum atomic E-state index is 0.249. The van der Waals surface area contributed by atoms with Crippen molar-refractivity contribution in [1.82, 2.24) is 10.2 Å². The zero-order valence-corrected chi connectivity index (χ0v) is 10.8. The van der Waals surface area contributed by atoms with E-state index in [1.807, 2.05) is 0 Å². The van der Waals surface area contributed by atoms with E-state index in [-0.39, 0.29) is 5.54 Å². The molecule has 84 valence electrons. The van der Waals surface area contributed by atoms with Crippen LogP contribution in [0.2, 0.25) is 0 Å². The van der Waals surface area contributed by atoms with Gasteiger partial charge >= 0.3 is 0 Å². The monoisotopic (exact) mass is 216 g/mol. The van der Waals surface area contributed by atoms with Crippen LogP contribution in [0.25, 0.3) is 0 Å². The fourth-order valence-electron chi connectivity index (χ4n) is 1.60. The fourth-order valence-corrected chi connectivity index (χ4v) is 2.53. The lowest BCUT2D eigenvalue weighted by Gasteiger charge is -2.34. The molecule has 0 radical (unpaired) electrons. The highest BCUT2D eigenvalue weighted by molar-refractivity contribution is 7.99. The van der Waals surface area contributed by atoms with Crippen LogP contribution in [0.3, 0.4) is 0 Å². The summed E-state index contributed by atoms with van der Waals surface area (Å²) in [6.07, 6.45) is 0. The van der Waals surface area contributed by atoms with Gasteiger partial charge in [-0.25, -0.2) is 0 Å². The summed E-state index contributed by atoms with van der Waals surface area (Å²) in [5.74, 6) is 2.61. The molecule has 1 rings (SSSR count). The molecule has 1 aliphatic rings. The SMILES string of the molecule is CC(CNC(C)(C)C)N1CCSCC1. The summed E-state index contributed by atoms with van der Waals surface area (Å²) >= 11 is 2.08. The summed E-state index contributed by atoms with van der Waals surface area (Å²) in [4.78, 5) is 2.59. The summed E-state index contributed by atoms with van der Waals surface area (Å²) in [6, 6.07) is 0.676. The Labute approximate surface area is 92.8 Å². The summed E-state index contributed by atoms with van der Waals surface area (Å²) in [5, 5.41) is 3.57. The molecule has 0 aromatic rings. The number of hydrogen-bond donors (Lipinski definition) is 1. The average molecular weight is 216 g/mol. The molecule has 0 aromatic carbocycles. The lowest BCUT2D eigenvalue weighted by molar-refractivity contribution is 0.213. The van der Waals surface area contributed by atoms with Crippen molar-refractivity contribution in [2.45, 2.75) is 39.3 Å². The molecule has 0 aromatic heterocycles. The standard InChI is InChI=1S/C11H24N2S/c1-10(9-12-11(2,3)4)13-5-7-14-8-6-13/h10,12H,5-9H2,1-4H3. The Bertz CT molecular complexity index is 159. The Hall–Kier alpha value is 0.270. The molecule has 0 bridgehead atoms. The normalized spacial score (nSPS) is 22.3. The van der Waals surface area contributed by atoms with Crippen LogP contribution in [0.15, 0.2) is 0 Å². The van der Waals surface area contributed by atoms with E-state index in [9.17, 15) is 0 Å². The van der Waals surface area contributed by atoms with Crippen molar-refractivity contribution in [2.24, 2.45) is 0 Å². The van der Waals surface area contributed by atoms with Crippen molar-refractivity contribution in [3.8, 4) is 0 Å². The van der Waals surface area contributed by atoms with Crippen molar-refractivity contribution < 1.29 is 0 Å². The Morgan fingerprint density at radius 2 is 1.86 bits per heavy atom. The molecule has 2 nitrogen and oxygen atoms in total. The van der Waals surface area contributed by atoms with Gasteiger partial charge in [-0.1, -0.05) is 0 Å². The van der Waals surface area contributed by atoms with Crippen LogP contribution in [-0.4, -0.2) is 47.6 Å². The van der Waals surface area contributed by atoms with E-state index in [0.717, 1.165) is 6.54 Å². The second-order valence-corrected chi connectivity index (χ2v) is 6.35. The molecule has 0 spiro atoms. The van der Waals surface area contributed by atoms with Crippen LogP contribution in [0, 0.1) is 0 Å². The zero-order chi connectivity index (χ0) is 10.6. The van der Waals surface area contributed by atoms with Gasteiger partial charge in [0.2, 0.25) is 0 Å². The highest BCUT2D eigenvalue weighted by Crippen LogP contribution is 2.12. The molecule has 3 heteroatoms. The van der Waals surface area contributed by atoms with Gasteiger partial charge in [0.15, 0.2) is 0 Å². The lowest BCUT2D eigenvalue weighted by atomic mass is 10.1. The van der Waals surface area contributed by atoms with Gasteiger partial charge in [-0.15, -0.1) is 0 Å².